The lowest BCUT2D eigenvalue weighted by molar-refractivity contribution is -0.0530. The summed E-state index contributed by atoms with van der Waals surface area (Å²) in [5.74, 6) is 0. The summed E-state index contributed by atoms with van der Waals surface area (Å²) in [4.78, 5) is 42.8. The smallest absolute Gasteiger partial charge is 0.387 e. The fraction of sp³-hybridized carbons (Fsp3) is 0.500. The van der Waals surface area contributed by atoms with Gasteiger partial charge >= 0.3 is 23.5 Å². The summed E-state index contributed by atoms with van der Waals surface area (Å²) in [5.41, 5.74) is 1.28. The van der Waals surface area contributed by atoms with Crippen LogP contribution in [0.5, 0.6) is 0 Å². The van der Waals surface area contributed by atoms with E-state index in [1.165, 1.54) is 10.8 Å². The Morgan fingerprint density at radius 3 is 2.44 bits per heavy atom. The van der Waals surface area contributed by atoms with Crippen molar-refractivity contribution in [1.29, 1.82) is 0 Å². The maximum absolute atomic E-state index is 11.8. The first-order valence-corrected chi connectivity index (χ1v) is 13.4. The molecule has 3 heterocycles. The number of hydrogen-bond acceptors (Lipinski definition) is 11. The molecule has 6 atom stereocenters. The number of phosphoric acid groups is 3. The number of hydrogen-bond donors (Lipinski definition) is 7. The highest BCUT2D eigenvalue weighted by Crippen LogP contribution is 2.66. The largest absolute Gasteiger partial charge is 0.490 e. The summed E-state index contributed by atoms with van der Waals surface area (Å²) >= 11 is 5.17. The van der Waals surface area contributed by atoms with Crippen LogP contribution in [0.2, 0.25) is 0 Å². The summed E-state index contributed by atoms with van der Waals surface area (Å²) in [6, 6.07) is 1.75. The molecular formula is C12H18N3O13P3S. The third kappa shape index (κ3) is 6.17. The molecule has 1 aliphatic rings. The Balaban J connectivity index is 1.71. The highest BCUT2D eigenvalue weighted by atomic mass is 32.1. The van der Waals surface area contributed by atoms with Crippen LogP contribution in [0.3, 0.4) is 0 Å². The molecule has 0 radical (unpaired) electrons. The average Bonchev–Trinajstić information content (AvgIpc) is 3.08. The van der Waals surface area contributed by atoms with Gasteiger partial charge in [-0.1, -0.05) is 0 Å². The van der Waals surface area contributed by atoms with Crippen LogP contribution in [0.15, 0.2) is 12.3 Å². The second kappa shape index (κ2) is 9.06. The van der Waals surface area contributed by atoms with Gasteiger partial charge in [-0.15, -0.1) is 0 Å². The molecule has 2 aromatic heterocycles. The van der Waals surface area contributed by atoms with Crippen LogP contribution >= 0.6 is 35.7 Å². The lowest BCUT2D eigenvalue weighted by Gasteiger charge is -2.19. The first-order chi connectivity index (χ1) is 14.6. The van der Waals surface area contributed by atoms with Crippen LogP contribution in [0.4, 0.5) is 0 Å². The molecule has 3 rings (SSSR count). The van der Waals surface area contributed by atoms with Crippen LogP contribution in [0, 0.1) is 11.7 Å². The maximum atomic E-state index is 11.8. The minimum atomic E-state index is -5.70. The Morgan fingerprint density at radius 1 is 1.16 bits per heavy atom. The zero-order valence-corrected chi connectivity index (χ0v) is 19.4. The molecule has 1 fully saturated rings. The van der Waals surface area contributed by atoms with E-state index >= 15 is 0 Å². The van der Waals surface area contributed by atoms with E-state index in [4.69, 9.17) is 31.6 Å². The fourth-order valence-corrected chi connectivity index (χ4v) is 6.17. The molecule has 1 aliphatic heterocycles. The second-order valence-corrected chi connectivity index (χ2v) is 11.4. The molecule has 180 valence electrons. The molecule has 0 aromatic carbocycles. The highest BCUT2D eigenvalue weighted by Gasteiger charge is 2.46. The number of aromatic amines is 1. The van der Waals surface area contributed by atoms with Crippen molar-refractivity contribution < 1.29 is 61.4 Å². The van der Waals surface area contributed by atoms with Gasteiger partial charge < -0.3 is 39.5 Å². The number of aliphatic hydroxyl groups excluding tert-OH is 2. The molecule has 0 amide bonds. The fourth-order valence-electron chi connectivity index (χ4n) is 2.90. The molecule has 0 bridgehead atoms. The van der Waals surface area contributed by atoms with E-state index in [1.54, 1.807) is 13.0 Å². The van der Waals surface area contributed by atoms with Gasteiger partial charge in [-0.25, -0.2) is 18.7 Å². The number of ether oxygens (including phenoxy) is 1. The highest BCUT2D eigenvalue weighted by molar-refractivity contribution is 7.71. The first-order valence-electron chi connectivity index (χ1n) is 8.45. The van der Waals surface area contributed by atoms with Gasteiger partial charge in [0.05, 0.1) is 6.61 Å². The third-order valence-corrected chi connectivity index (χ3v) is 8.20. The number of nitrogens with zero attached hydrogens (tertiary/aromatic N) is 2. The van der Waals surface area contributed by atoms with Crippen LogP contribution in [0.1, 0.15) is 11.9 Å². The van der Waals surface area contributed by atoms with Gasteiger partial charge in [0.1, 0.15) is 24.0 Å². The second-order valence-electron chi connectivity index (χ2n) is 6.62. The Bertz CT molecular complexity index is 1210. The monoisotopic (exact) mass is 537 g/mol. The number of H-pyrrole nitrogens is 1. The Labute approximate surface area is 183 Å². The van der Waals surface area contributed by atoms with E-state index in [2.05, 4.69) is 23.1 Å². The zero-order valence-electron chi connectivity index (χ0n) is 15.9. The number of aromatic nitrogens is 3. The molecule has 0 aliphatic carbocycles. The minimum absolute atomic E-state index is 0.0101. The lowest BCUT2D eigenvalue weighted by Crippen LogP contribution is -2.33. The summed E-state index contributed by atoms with van der Waals surface area (Å²) in [7, 11) is -16.7. The van der Waals surface area contributed by atoms with E-state index in [0.717, 1.165) is 5.69 Å². The number of fused-ring (bicyclic) bond motifs is 1. The molecule has 3 unspecified atom stereocenters. The molecule has 16 nitrogen and oxygen atoms in total. The summed E-state index contributed by atoms with van der Waals surface area (Å²) in [6.07, 6.45) is -4.42. The molecule has 2 aromatic rings. The Kier molecular flexibility index (Phi) is 7.29. The predicted molar refractivity (Wildman–Crippen MR) is 105 cm³/mol. The van der Waals surface area contributed by atoms with Gasteiger partial charge in [-0.2, -0.15) is 8.62 Å². The van der Waals surface area contributed by atoms with Crippen molar-refractivity contribution in [2.24, 2.45) is 0 Å². The van der Waals surface area contributed by atoms with Crippen molar-refractivity contribution in [2.45, 2.75) is 31.5 Å². The van der Waals surface area contributed by atoms with E-state index in [1.807, 2.05) is 0 Å². The van der Waals surface area contributed by atoms with Gasteiger partial charge in [-0.05, 0) is 25.2 Å². The summed E-state index contributed by atoms with van der Waals surface area (Å²) in [5, 5.41) is 21.2. The van der Waals surface area contributed by atoms with Crippen molar-refractivity contribution in [3.63, 3.8) is 0 Å². The van der Waals surface area contributed by atoms with E-state index < -0.39 is 54.6 Å². The molecule has 0 saturated carbocycles. The summed E-state index contributed by atoms with van der Waals surface area (Å²) in [6.45, 7) is 0.850. The molecule has 0 spiro atoms. The van der Waals surface area contributed by atoms with Crippen LogP contribution in [-0.4, -0.2) is 69.2 Å². The predicted octanol–water partition coefficient (Wildman–Crippen LogP) is 0.365. The molecule has 32 heavy (non-hydrogen) atoms. The van der Waals surface area contributed by atoms with E-state index in [0.29, 0.717) is 11.0 Å². The summed E-state index contributed by atoms with van der Waals surface area (Å²) < 4.78 is 52.1. The number of nitrogens with one attached hydrogen (secondary N) is 1. The van der Waals surface area contributed by atoms with Crippen LogP contribution in [-0.2, 0) is 31.6 Å². The molecule has 1 saturated heterocycles. The van der Waals surface area contributed by atoms with Gasteiger partial charge in [0.15, 0.2) is 6.23 Å². The SMILES string of the molecule is Cc1cc2cn([C@@H]3O[C@H](COP(=O)(O)OP(=O)(O)OP(=O)(O)O)C(O)[C@@H]3O)c(=S)nc2[nH]1. The third-order valence-electron chi connectivity index (χ3n) is 4.10. The van der Waals surface area contributed by atoms with Crippen molar-refractivity contribution in [3.05, 3.63) is 22.7 Å². The van der Waals surface area contributed by atoms with Crippen molar-refractivity contribution >= 4 is 46.7 Å². The average molecular weight is 537 g/mol. The van der Waals surface area contributed by atoms with Crippen LogP contribution in [0.25, 0.3) is 11.0 Å². The maximum Gasteiger partial charge on any atom is 0.490 e. The van der Waals surface area contributed by atoms with Gasteiger partial charge in [-0.3, -0.25) is 9.09 Å². The van der Waals surface area contributed by atoms with Gasteiger partial charge in [0, 0.05) is 17.3 Å². The number of rotatable bonds is 8. The van der Waals surface area contributed by atoms with Crippen molar-refractivity contribution in [3.8, 4) is 0 Å². The molecule has 20 heteroatoms. The van der Waals surface area contributed by atoms with E-state index in [-0.39, 0.29) is 4.77 Å². The standard InChI is InChI=1S/C12H18N3O13P3S/c1-5-2-6-3-15(12(32)14-10(6)13-5)11-9(17)8(16)7(26-11)4-25-30(21,22)28-31(23,24)27-29(18,19)20/h2-3,7-9,11,16-17H,4H2,1H3,(H,21,22)(H,23,24)(H,13,14,32)(H2,18,19,20)/t7-,8?,9+,11-/m1/s1. The van der Waals surface area contributed by atoms with E-state index in [9.17, 15) is 28.8 Å². The van der Waals surface area contributed by atoms with Gasteiger partial charge in [0.25, 0.3) is 0 Å². The quantitative estimate of drug-likeness (QED) is 0.178. The molecular weight excluding hydrogens is 519 g/mol. The van der Waals surface area contributed by atoms with Crippen molar-refractivity contribution in [1.82, 2.24) is 14.5 Å². The minimum Gasteiger partial charge on any atom is -0.387 e. The van der Waals surface area contributed by atoms with Crippen molar-refractivity contribution in [2.75, 3.05) is 6.61 Å². The normalized spacial score (nSPS) is 28.0. The Hall–Kier alpha value is -0.870. The topological polar surface area (TPSA) is 243 Å². The van der Waals surface area contributed by atoms with Crippen LogP contribution < -0.4 is 0 Å². The Morgan fingerprint density at radius 2 is 1.81 bits per heavy atom. The first kappa shape index (κ1) is 25.7. The molecule has 7 N–H and O–H groups in total. The zero-order chi connectivity index (χ0) is 24.1. The number of phosphoric ester groups is 1. The lowest BCUT2D eigenvalue weighted by atomic mass is 10.1. The number of aryl methyl sites for hydroxylation is 1. The van der Waals surface area contributed by atoms with Gasteiger partial charge in [0.2, 0.25) is 4.77 Å². The number of aliphatic hydroxyl groups is 2.